The molecule has 0 N–H and O–H groups in total. The summed E-state index contributed by atoms with van der Waals surface area (Å²) in [5.41, 5.74) is 0.279. The van der Waals surface area contributed by atoms with Crippen LogP contribution in [0, 0.1) is 0 Å². The maximum Gasteiger partial charge on any atom is 0.367 e. The second kappa shape index (κ2) is 7.79. The molecule has 5 nitrogen and oxygen atoms in total. The van der Waals surface area contributed by atoms with Crippen LogP contribution >= 0.6 is 23.2 Å². The van der Waals surface area contributed by atoms with E-state index in [4.69, 9.17) is 28.0 Å². The first kappa shape index (κ1) is 18.4. The standard InChI is InChI=1S/C16H13Cl2NO4S/c1-11(10-24(21,22)13-8-6-12(17)7-9-13)19-23-16(20)14-4-2-3-5-15(14)18/h2-9H,10H2,1H3. The minimum absolute atomic E-state index is 0.110. The topological polar surface area (TPSA) is 72.8 Å². The first-order chi connectivity index (χ1) is 11.3. The average molecular weight is 386 g/mol. The number of hydrogen-bond donors (Lipinski definition) is 0. The van der Waals surface area contributed by atoms with Gasteiger partial charge in [0.1, 0.15) is 0 Å². The fourth-order valence-electron chi connectivity index (χ4n) is 1.82. The summed E-state index contributed by atoms with van der Waals surface area (Å²) >= 11 is 11.6. The Morgan fingerprint density at radius 3 is 2.33 bits per heavy atom. The summed E-state index contributed by atoms with van der Waals surface area (Å²) in [5, 5.41) is 4.24. The van der Waals surface area contributed by atoms with E-state index in [1.807, 2.05) is 0 Å². The van der Waals surface area contributed by atoms with Crippen molar-refractivity contribution in [3.63, 3.8) is 0 Å². The molecule has 0 heterocycles. The zero-order chi connectivity index (χ0) is 17.7. The van der Waals surface area contributed by atoms with E-state index >= 15 is 0 Å². The lowest BCUT2D eigenvalue weighted by atomic mass is 10.2. The van der Waals surface area contributed by atoms with Crippen LogP contribution in [0.25, 0.3) is 0 Å². The van der Waals surface area contributed by atoms with Crippen LogP contribution in [-0.4, -0.2) is 25.9 Å². The van der Waals surface area contributed by atoms with Crippen molar-refractivity contribution < 1.29 is 18.0 Å². The minimum atomic E-state index is -3.60. The van der Waals surface area contributed by atoms with Crippen LogP contribution in [0.4, 0.5) is 0 Å². The van der Waals surface area contributed by atoms with Gasteiger partial charge < -0.3 is 4.84 Å². The number of carbonyl (C=O) groups is 1. The summed E-state index contributed by atoms with van der Waals surface area (Å²) in [6, 6.07) is 12.1. The van der Waals surface area contributed by atoms with Crippen molar-refractivity contribution in [1.29, 1.82) is 0 Å². The van der Waals surface area contributed by atoms with Crippen molar-refractivity contribution in [2.45, 2.75) is 11.8 Å². The van der Waals surface area contributed by atoms with Crippen LogP contribution in [0.15, 0.2) is 58.6 Å². The Hall–Kier alpha value is -1.89. The van der Waals surface area contributed by atoms with Crippen LogP contribution in [-0.2, 0) is 14.7 Å². The molecule has 2 aromatic rings. The third kappa shape index (κ3) is 4.80. The largest absolute Gasteiger partial charge is 0.367 e. The van der Waals surface area contributed by atoms with Crippen molar-refractivity contribution >= 4 is 44.7 Å². The molecule has 2 aromatic carbocycles. The van der Waals surface area contributed by atoms with Crippen molar-refractivity contribution in [3.8, 4) is 0 Å². The van der Waals surface area contributed by atoms with E-state index in [1.165, 1.54) is 37.3 Å². The highest BCUT2D eigenvalue weighted by molar-refractivity contribution is 7.92. The number of halogens is 2. The molecule has 24 heavy (non-hydrogen) atoms. The van der Waals surface area contributed by atoms with Gasteiger partial charge in [0.2, 0.25) is 0 Å². The lowest BCUT2D eigenvalue weighted by Crippen LogP contribution is -2.15. The molecule has 0 aliphatic heterocycles. The molecule has 0 saturated carbocycles. The Kier molecular flexibility index (Phi) is 5.99. The Morgan fingerprint density at radius 2 is 1.71 bits per heavy atom. The predicted molar refractivity (Wildman–Crippen MR) is 93.5 cm³/mol. The first-order valence-corrected chi connectivity index (χ1v) is 9.18. The molecule has 0 bridgehead atoms. The molecular formula is C16H13Cl2NO4S. The highest BCUT2D eigenvalue weighted by Crippen LogP contribution is 2.17. The van der Waals surface area contributed by atoms with Crippen molar-refractivity contribution in [2.75, 3.05) is 5.75 Å². The van der Waals surface area contributed by atoms with Gasteiger partial charge in [0.05, 0.1) is 26.9 Å². The number of carbonyl (C=O) groups excluding carboxylic acids is 1. The Morgan fingerprint density at radius 1 is 1.08 bits per heavy atom. The summed E-state index contributed by atoms with van der Waals surface area (Å²) in [6.45, 7) is 1.45. The summed E-state index contributed by atoms with van der Waals surface area (Å²) in [4.78, 5) is 16.7. The molecule has 2 rings (SSSR count). The van der Waals surface area contributed by atoms with Gasteiger partial charge in [-0.05, 0) is 43.3 Å². The van der Waals surface area contributed by atoms with Gasteiger partial charge in [0.15, 0.2) is 9.84 Å². The van der Waals surface area contributed by atoms with Gasteiger partial charge in [-0.3, -0.25) is 0 Å². The lowest BCUT2D eigenvalue weighted by Gasteiger charge is -2.05. The molecule has 0 radical (unpaired) electrons. The van der Waals surface area contributed by atoms with Gasteiger partial charge in [-0.2, -0.15) is 0 Å². The van der Waals surface area contributed by atoms with Gasteiger partial charge in [0, 0.05) is 5.02 Å². The third-order valence-electron chi connectivity index (χ3n) is 2.95. The SMILES string of the molecule is CC(CS(=O)(=O)c1ccc(Cl)cc1)=NOC(=O)c1ccccc1Cl. The number of hydrogen-bond acceptors (Lipinski definition) is 5. The maximum absolute atomic E-state index is 12.2. The van der Waals surface area contributed by atoms with E-state index in [2.05, 4.69) is 5.16 Å². The smallest absolute Gasteiger partial charge is 0.313 e. The Bertz CT molecular complexity index is 877. The fourth-order valence-corrected chi connectivity index (χ4v) is 3.48. The molecule has 0 saturated heterocycles. The van der Waals surface area contributed by atoms with Crippen LogP contribution in [0.2, 0.25) is 10.0 Å². The van der Waals surface area contributed by atoms with Gasteiger partial charge >= 0.3 is 5.97 Å². The van der Waals surface area contributed by atoms with E-state index in [1.54, 1.807) is 18.2 Å². The molecule has 126 valence electrons. The quantitative estimate of drug-likeness (QED) is 0.442. The zero-order valence-corrected chi connectivity index (χ0v) is 14.9. The monoisotopic (exact) mass is 385 g/mol. The van der Waals surface area contributed by atoms with Gasteiger partial charge in [0.25, 0.3) is 0 Å². The average Bonchev–Trinajstić information content (AvgIpc) is 2.53. The van der Waals surface area contributed by atoms with Gasteiger partial charge in [-0.25, -0.2) is 13.2 Å². The summed E-state index contributed by atoms with van der Waals surface area (Å²) in [7, 11) is -3.60. The van der Waals surface area contributed by atoms with E-state index in [9.17, 15) is 13.2 Å². The van der Waals surface area contributed by atoms with Gasteiger partial charge in [-0.15, -0.1) is 0 Å². The van der Waals surface area contributed by atoms with Crippen LogP contribution in [0.1, 0.15) is 17.3 Å². The number of benzene rings is 2. The maximum atomic E-state index is 12.2. The van der Waals surface area contributed by atoms with Crippen LogP contribution in [0.3, 0.4) is 0 Å². The van der Waals surface area contributed by atoms with E-state index in [0.717, 1.165) is 0 Å². The molecule has 0 atom stereocenters. The number of sulfone groups is 1. The molecule has 0 amide bonds. The fraction of sp³-hybridized carbons (Fsp3) is 0.125. The summed E-state index contributed by atoms with van der Waals surface area (Å²) in [6.07, 6.45) is 0. The molecule has 0 aliphatic rings. The molecule has 0 aromatic heterocycles. The number of rotatable bonds is 5. The second-order valence-corrected chi connectivity index (χ2v) is 7.73. The predicted octanol–water partition coefficient (Wildman–Crippen LogP) is 4.00. The van der Waals surface area contributed by atoms with Gasteiger partial charge in [-0.1, -0.05) is 40.5 Å². The van der Waals surface area contributed by atoms with Crippen LogP contribution in [0.5, 0.6) is 0 Å². The Labute approximate surface area is 149 Å². The van der Waals surface area contributed by atoms with Crippen molar-refractivity contribution in [3.05, 3.63) is 64.1 Å². The first-order valence-electron chi connectivity index (χ1n) is 6.77. The molecule has 8 heteroatoms. The summed E-state index contributed by atoms with van der Waals surface area (Å²) < 4.78 is 24.5. The highest BCUT2D eigenvalue weighted by atomic mass is 35.5. The molecule has 0 aliphatic carbocycles. The molecule has 0 unspecified atom stereocenters. The van der Waals surface area contributed by atoms with E-state index in [-0.39, 0.29) is 26.9 Å². The molecule has 0 spiro atoms. The Balaban J connectivity index is 2.07. The second-order valence-electron chi connectivity index (χ2n) is 4.90. The number of nitrogens with zero attached hydrogens (tertiary/aromatic N) is 1. The molecule has 0 fully saturated rings. The minimum Gasteiger partial charge on any atom is -0.313 e. The number of oxime groups is 1. The van der Waals surface area contributed by atoms with Crippen molar-refractivity contribution in [1.82, 2.24) is 0 Å². The van der Waals surface area contributed by atoms with Crippen molar-refractivity contribution in [2.24, 2.45) is 5.16 Å². The zero-order valence-electron chi connectivity index (χ0n) is 12.6. The summed E-state index contributed by atoms with van der Waals surface area (Å²) in [5.74, 6) is -1.14. The lowest BCUT2D eigenvalue weighted by molar-refractivity contribution is 0.0516. The molecular weight excluding hydrogens is 373 g/mol. The van der Waals surface area contributed by atoms with E-state index in [0.29, 0.717) is 5.02 Å². The highest BCUT2D eigenvalue weighted by Gasteiger charge is 2.17. The third-order valence-corrected chi connectivity index (χ3v) is 5.32. The van der Waals surface area contributed by atoms with E-state index < -0.39 is 15.8 Å². The van der Waals surface area contributed by atoms with Crippen LogP contribution < -0.4 is 0 Å². The normalized spacial score (nSPS) is 12.0.